The monoisotopic (exact) mass is 292 g/mol. The number of nitrogens with zero attached hydrogens (tertiary/aromatic N) is 1. The van der Waals surface area contributed by atoms with Crippen molar-refractivity contribution in [1.82, 2.24) is 4.98 Å². The minimum absolute atomic E-state index is 0.283. The maximum absolute atomic E-state index is 12.5. The van der Waals surface area contributed by atoms with E-state index in [0.29, 0.717) is 34.3 Å². The van der Waals surface area contributed by atoms with Crippen LogP contribution in [0.25, 0.3) is 11.1 Å². The average molecular weight is 292 g/mol. The summed E-state index contributed by atoms with van der Waals surface area (Å²) in [6, 6.07) is 5.48. The fraction of sp³-hybridized carbons (Fsp3) is 0.533. The highest BCUT2D eigenvalue weighted by Gasteiger charge is 2.25. The number of nitrogens with two attached hydrogens (primary N) is 1. The van der Waals surface area contributed by atoms with Crippen LogP contribution in [0.3, 0.4) is 0 Å². The van der Waals surface area contributed by atoms with Gasteiger partial charge in [-0.15, -0.1) is 0 Å². The highest BCUT2D eigenvalue weighted by atomic mass is 32.2. The van der Waals surface area contributed by atoms with E-state index in [1.807, 2.05) is 12.1 Å². The second kappa shape index (κ2) is 5.56. The number of benzene rings is 1. The van der Waals surface area contributed by atoms with Gasteiger partial charge in [-0.3, -0.25) is 4.21 Å². The molecule has 20 heavy (non-hydrogen) atoms. The van der Waals surface area contributed by atoms with Gasteiger partial charge in [-0.05, 0) is 30.9 Å². The van der Waals surface area contributed by atoms with Crippen LogP contribution in [0.1, 0.15) is 38.5 Å². The fourth-order valence-electron chi connectivity index (χ4n) is 2.93. The number of hydrogen-bond acceptors (Lipinski definition) is 4. The first-order valence-electron chi connectivity index (χ1n) is 7.14. The van der Waals surface area contributed by atoms with Gasteiger partial charge in [-0.2, -0.15) is 0 Å². The van der Waals surface area contributed by atoms with Gasteiger partial charge in [0, 0.05) is 16.0 Å². The first kappa shape index (κ1) is 13.6. The number of anilines is 1. The van der Waals surface area contributed by atoms with E-state index in [9.17, 15) is 4.21 Å². The first-order valence-corrected chi connectivity index (χ1v) is 8.53. The largest absolute Gasteiger partial charge is 0.440 e. The predicted octanol–water partition coefficient (Wildman–Crippen LogP) is 3.24. The Morgan fingerprint density at radius 3 is 3.05 bits per heavy atom. The van der Waals surface area contributed by atoms with Crippen molar-refractivity contribution in [2.45, 2.75) is 43.6 Å². The zero-order valence-corrected chi connectivity index (χ0v) is 12.5. The molecule has 0 radical (unpaired) electrons. The van der Waals surface area contributed by atoms with Gasteiger partial charge in [-0.25, -0.2) is 4.98 Å². The third kappa shape index (κ3) is 2.73. The van der Waals surface area contributed by atoms with Gasteiger partial charge in [0.15, 0.2) is 5.58 Å². The molecule has 2 aromatic rings. The number of hydrogen-bond donors (Lipinski definition) is 1. The number of nitrogen functional groups attached to an aromatic ring is 1. The Kier molecular flexibility index (Phi) is 3.78. The van der Waals surface area contributed by atoms with Crippen molar-refractivity contribution < 1.29 is 8.63 Å². The van der Waals surface area contributed by atoms with Crippen molar-refractivity contribution in [3.8, 4) is 0 Å². The van der Waals surface area contributed by atoms with Crippen LogP contribution in [-0.4, -0.2) is 14.4 Å². The zero-order chi connectivity index (χ0) is 14.1. The molecule has 108 valence electrons. The highest BCUT2D eigenvalue weighted by Crippen LogP contribution is 2.29. The number of fused-ring (bicyclic) bond motifs is 1. The Morgan fingerprint density at radius 1 is 1.45 bits per heavy atom. The van der Waals surface area contributed by atoms with Crippen LogP contribution in [0.15, 0.2) is 22.6 Å². The Hall–Kier alpha value is -1.36. The fourth-order valence-corrected chi connectivity index (χ4v) is 4.51. The number of oxazole rings is 1. The molecule has 1 aromatic carbocycles. The van der Waals surface area contributed by atoms with Crippen LogP contribution in [0.2, 0.25) is 0 Å². The third-order valence-electron chi connectivity index (χ3n) is 4.02. The van der Waals surface area contributed by atoms with E-state index in [1.54, 1.807) is 6.07 Å². The Morgan fingerprint density at radius 2 is 2.30 bits per heavy atom. The lowest BCUT2D eigenvalue weighted by Crippen LogP contribution is -2.24. The van der Waals surface area contributed by atoms with Gasteiger partial charge in [0.05, 0.1) is 5.69 Å². The smallest absolute Gasteiger partial charge is 0.208 e. The SMILES string of the molecule is CC1CCCC(S(=O)Cc2nc3c(N)cccc3o2)C1. The van der Waals surface area contributed by atoms with Crippen molar-refractivity contribution in [1.29, 1.82) is 0 Å². The van der Waals surface area contributed by atoms with Gasteiger partial charge < -0.3 is 10.2 Å². The molecule has 1 fully saturated rings. The molecule has 0 spiro atoms. The molecule has 2 N–H and O–H groups in total. The lowest BCUT2D eigenvalue weighted by Gasteiger charge is -2.25. The summed E-state index contributed by atoms with van der Waals surface area (Å²) in [5, 5.41) is 0.283. The van der Waals surface area contributed by atoms with Crippen LogP contribution in [0.5, 0.6) is 0 Å². The van der Waals surface area contributed by atoms with Gasteiger partial charge in [-0.1, -0.05) is 25.8 Å². The molecule has 5 heteroatoms. The Bertz CT molecular complexity index is 638. The number of para-hydroxylation sites is 1. The molecule has 1 heterocycles. The molecule has 3 rings (SSSR count). The van der Waals surface area contributed by atoms with Crippen molar-refractivity contribution >= 4 is 27.6 Å². The molecule has 1 aromatic heterocycles. The Balaban J connectivity index is 1.75. The van der Waals surface area contributed by atoms with E-state index in [-0.39, 0.29) is 5.25 Å². The summed E-state index contributed by atoms with van der Waals surface area (Å²) in [5.41, 5.74) is 7.82. The lowest BCUT2D eigenvalue weighted by molar-refractivity contribution is 0.388. The minimum atomic E-state index is -0.908. The standard InChI is InChI=1S/C15H20N2O2S/c1-10-4-2-5-11(8-10)20(18)9-14-17-15-12(16)6-3-7-13(15)19-14/h3,6-7,10-11H,2,4-5,8-9,16H2,1H3. The molecular weight excluding hydrogens is 272 g/mol. The van der Waals surface area contributed by atoms with E-state index in [4.69, 9.17) is 10.2 Å². The van der Waals surface area contributed by atoms with Crippen LogP contribution >= 0.6 is 0 Å². The van der Waals surface area contributed by atoms with Crippen LogP contribution in [0.4, 0.5) is 5.69 Å². The van der Waals surface area contributed by atoms with E-state index >= 15 is 0 Å². The summed E-state index contributed by atoms with van der Waals surface area (Å²) in [6.07, 6.45) is 4.54. The number of aromatic nitrogens is 1. The van der Waals surface area contributed by atoms with Gasteiger partial charge >= 0.3 is 0 Å². The van der Waals surface area contributed by atoms with Crippen molar-refractivity contribution in [3.63, 3.8) is 0 Å². The summed E-state index contributed by atoms with van der Waals surface area (Å²) in [4.78, 5) is 4.38. The maximum Gasteiger partial charge on any atom is 0.208 e. The van der Waals surface area contributed by atoms with E-state index in [0.717, 1.165) is 12.8 Å². The van der Waals surface area contributed by atoms with Crippen LogP contribution in [0, 0.1) is 5.92 Å². The number of rotatable bonds is 3. The highest BCUT2D eigenvalue weighted by molar-refractivity contribution is 7.84. The summed E-state index contributed by atoms with van der Waals surface area (Å²) in [5.74, 6) is 1.61. The molecule has 1 aliphatic rings. The van der Waals surface area contributed by atoms with Gasteiger partial charge in [0.1, 0.15) is 11.3 Å². The first-order chi connectivity index (χ1) is 9.63. The predicted molar refractivity (Wildman–Crippen MR) is 81.7 cm³/mol. The van der Waals surface area contributed by atoms with Crippen LogP contribution < -0.4 is 5.73 Å². The van der Waals surface area contributed by atoms with Crippen molar-refractivity contribution in [3.05, 3.63) is 24.1 Å². The van der Waals surface area contributed by atoms with Crippen molar-refractivity contribution in [2.24, 2.45) is 5.92 Å². The molecule has 1 saturated carbocycles. The topological polar surface area (TPSA) is 69.1 Å². The molecule has 0 amide bonds. The van der Waals surface area contributed by atoms with Crippen molar-refractivity contribution in [2.75, 3.05) is 5.73 Å². The molecule has 0 bridgehead atoms. The molecule has 0 saturated heterocycles. The normalized spacial score (nSPS) is 24.9. The van der Waals surface area contributed by atoms with Gasteiger partial charge in [0.25, 0.3) is 0 Å². The second-order valence-corrected chi connectivity index (χ2v) is 7.44. The molecular formula is C15H20N2O2S. The summed E-state index contributed by atoms with van der Waals surface area (Å²) in [6.45, 7) is 2.24. The molecule has 1 aliphatic carbocycles. The van der Waals surface area contributed by atoms with E-state index in [2.05, 4.69) is 11.9 Å². The quantitative estimate of drug-likeness (QED) is 0.882. The van der Waals surface area contributed by atoms with E-state index < -0.39 is 10.8 Å². The summed E-state index contributed by atoms with van der Waals surface area (Å²) >= 11 is 0. The second-order valence-electron chi connectivity index (χ2n) is 5.72. The molecule has 4 nitrogen and oxygen atoms in total. The molecule has 3 atom stereocenters. The van der Waals surface area contributed by atoms with E-state index in [1.165, 1.54) is 12.8 Å². The lowest BCUT2D eigenvalue weighted by atomic mass is 9.91. The summed E-state index contributed by atoms with van der Waals surface area (Å²) < 4.78 is 18.1. The average Bonchev–Trinajstić information content (AvgIpc) is 2.83. The summed E-state index contributed by atoms with van der Waals surface area (Å²) in [7, 11) is -0.908. The van der Waals surface area contributed by atoms with Gasteiger partial charge in [0.2, 0.25) is 5.89 Å². The third-order valence-corrected chi connectivity index (χ3v) is 5.72. The zero-order valence-electron chi connectivity index (χ0n) is 11.7. The van der Waals surface area contributed by atoms with Crippen LogP contribution in [-0.2, 0) is 16.6 Å². The molecule has 3 unspecified atom stereocenters. The minimum Gasteiger partial charge on any atom is -0.440 e. The Labute approximate surface area is 121 Å². The maximum atomic E-state index is 12.5. The molecule has 0 aliphatic heterocycles.